The van der Waals surface area contributed by atoms with Gasteiger partial charge in [0.15, 0.2) is 0 Å². The largest absolute Gasteiger partial charge is 0.325 e. The maximum absolute atomic E-state index is 12.7. The molecule has 1 saturated carbocycles. The third-order valence-corrected chi connectivity index (χ3v) is 4.55. The van der Waals surface area contributed by atoms with Crippen LogP contribution in [-0.4, -0.2) is 22.7 Å². The molecule has 0 saturated heterocycles. The average molecular weight is 374 g/mol. The Bertz CT molecular complexity index is 1060. The molecule has 28 heavy (non-hydrogen) atoms. The number of pyridine rings is 1. The number of hydrogen-bond acceptors (Lipinski definition) is 4. The van der Waals surface area contributed by atoms with Crippen LogP contribution in [0.15, 0.2) is 60.9 Å². The number of benzene rings is 2. The molecule has 140 valence electrons. The van der Waals surface area contributed by atoms with Crippen molar-refractivity contribution in [3.63, 3.8) is 0 Å². The number of aromatic nitrogens is 1. The lowest BCUT2D eigenvalue weighted by Gasteiger charge is -2.13. The highest BCUT2D eigenvalue weighted by atomic mass is 16.2. The van der Waals surface area contributed by atoms with Crippen LogP contribution in [0.5, 0.6) is 0 Å². The summed E-state index contributed by atoms with van der Waals surface area (Å²) in [6, 6.07) is 14.2. The van der Waals surface area contributed by atoms with Gasteiger partial charge in [-0.2, -0.15) is 0 Å². The number of nitrogens with one attached hydrogen (secondary N) is 3. The molecule has 0 unspecified atom stereocenters. The summed E-state index contributed by atoms with van der Waals surface area (Å²) in [5.74, 6) is -1.09. The number of fused-ring (bicyclic) bond motifs is 1. The molecular weight excluding hydrogens is 356 g/mol. The summed E-state index contributed by atoms with van der Waals surface area (Å²) in [4.78, 5) is 40.9. The summed E-state index contributed by atoms with van der Waals surface area (Å²) in [6.45, 7) is 0. The molecule has 3 aromatic rings. The van der Waals surface area contributed by atoms with Gasteiger partial charge in [-0.1, -0.05) is 24.3 Å². The van der Waals surface area contributed by atoms with Crippen LogP contribution >= 0.6 is 0 Å². The summed E-state index contributed by atoms with van der Waals surface area (Å²) in [7, 11) is 0. The van der Waals surface area contributed by atoms with Crippen LogP contribution in [0.4, 0.5) is 5.69 Å². The first-order valence-corrected chi connectivity index (χ1v) is 8.96. The van der Waals surface area contributed by atoms with Gasteiger partial charge in [-0.3, -0.25) is 30.2 Å². The van der Waals surface area contributed by atoms with Crippen molar-refractivity contribution in [2.75, 3.05) is 5.32 Å². The smallest absolute Gasteiger partial charge is 0.271 e. The Morgan fingerprint density at radius 2 is 1.61 bits per heavy atom. The van der Waals surface area contributed by atoms with Crippen molar-refractivity contribution in [3.05, 3.63) is 72.1 Å². The fourth-order valence-corrected chi connectivity index (χ4v) is 2.86. The zero-order valence-corrected chi connectivity index (χ0v) is 14.9. The van der Waals surface area contributed by atoms with Crippen molar-refractivity contribution >= 4 is 34.2 Å². The zero-order chi connectivity index (χ0) is 19.5. The molecule has 3 amide bonds. The lowest BCUT2D eigenvalue weighted by Crippen LogP contribution is -2.42. The molecule has 0 bridgehead atoms. The van der Waals surface area contributed by atoms with E-state index in [0.29, 0.717) is 11.3 Å². The number of hydrogen-bond donors (Lipinski definition) is 3. The van der Waals surface area contributed by atoms with Crippen molar-refractivity contribution < 1.29 is 14.4 Å². The molecule has 4 rings (SSSR count). The molecule has 7 nitrogen and oxygen atoms in total. The Morgan fingerprint density at radius 1 is 0.893 bits per heavy atom. The van der Waals surface area contributed by atoms with Crippen LogP contribution in [0.1, 0.15) is 33.6 Å². The zero-order valence-electron chi connectivity index (χ0n) is 14.9. The summed E-state index contributed by atoms with van der Waals surface area (Å²) in [5.41, 5.74) is 5.79. The van der Waals surface area contributed by atoms with Crippen molar-refractivity contribution in [2.45, 2.75) is 12.8 Å². The summed E-state index contributed by atoms with van der Waals surface area (Å²) in [6.07, 6.45) is 4.68. The lowest BCUT2D eigenvalue weighted by atomic mass is 10.0. The highest BCUT2D eigenvalue weighted by Crippen LogP contribution is 2.31. The van der Waals surface area contributed by atoms with E-state index in [1.807, 2.05) is 24.3 Å². The Morgan fingerprint density at radius 3 is 2.29 bits per heavy atom. The Balaban J connectivity index is 1.57. The van der Waals surface area contributed by atoms with Crippen molar-refractivity contribution in [1.82, 2.24) is 15.8 Å². The van der Waals surface area contributed by atoms with E-state index < -0.39 is 11.8 Å². The topological polar surface area (TPSA) is 100 Å². The molecule has 1 fully saturated rings. The van der Waals surface area contributed by atoms with E-state index in [1.54, 1.807) is 30.5 Å². The second kappa shape index (κ2) is 7.48. The van der Waals surface area contributed by atoms with E-state index in [0.717, 1.165) is 23.6 Å². The van der Waals surface area contributed by atoms with Gasteiger partial charge in [0.05, 0.1) is 16.8 Å². The van der Waals surface area contributed by atoms with E-state index in [4.69, 9.17) is 0 Å². The molecule has 1 aromatic heterocycles. The standard InChI is InChI=1S/C21H18N4O3/c26-19(13-7-8-13)23-18-11-15-5-2-1-4-14(15)10-17(18)21(28)25-24-20(27)16-6-3-9-22-12-16/h1-6,9-13H,7-8H2,(H,23,26)(H,24,27)(H,25,28). The van der Waals surface area contributed by atoms with Gasteiger partial charge in [-0.15, -0.1) is 0 Å². The molecule has 7 heteroatoms. The predicted molar refractivity (Wildman–Crippen MR) is 104 cm³/mol. The number of nitrogens with zero attached hydrogens (tertiary/aromatic N) is 1. The predicted octanol–water partition coefficient (Wildman–Crippen LogP) is 2.66. The number of anilines is 1. The van der Waals surface area contributed by atoms with E-state index in [9.17, 15) is 14.4 Å². The van der Waals surface area contributed by atoms with E-state index in [2.05, 4.69) is 21.2 Å². The number of amides is 3. The number of carbonyl (C=O) groups excluding carboxylic acids is 3. The van der Waals surface area contributed by atoms with Gasteiger partial charge in [0.25, 0.3) is 11.8 Å². The first kappa shape index (κ1) is 17.7. The van der Waals surface area contributed by atoms with Gasteiger partial charge in [0, 0.05) is 18.3 Å². The molecule has 1 aliphatic rings. The van der Waals surface area contributed by atoms with E-state index in [1.165, 1.54) is 6.20 Å². The molecule has 2 aromatic carbocycles. The Kier molecular flexibility index (Phi) is 4.72. The highest BCUT2D eigenvalue weighted by molar-refractivity contribution is 6.09. The SMILES string of the molecule is O=C(NNC(=O)c1cc2ccccc2cc1NC(=O)C1CC1)c1cccnc1. The van der Waals surface area contributed by atoms with Gasteiger partial charge in [0.2, 0.25) is 5.91 Å². The molecule has 3 N–H and O–H groups in total. The molecule has 0 aliphatic heterocycles. The average Bonchev–Trinajstić information content (AvgIpc) is 3.57. The number of rotatable bonds is 4. The van der Waals surface area contributed by atoms with Gasteiger partial charge in [-0.05, 0) is 47.9 Å². The minimum atomic E-state index is -0.519. The molecule has 0 atom stereocenters. The Hall–Kier alpha value is -3.74. The van der Waals surface area contributed by atoms with Crippen molar-refractivity contribution in [3.8, 4) is 0 Å². The lowest BCUT2D eigenvalue weighted by molar-refractivity contribution is -0.117. The molecular formula is C21H18N4O3. The van der Waals surface area contributed by atoms with Crippen LogP contribution in [0.3, 0.4) is 0 Å². The maximum Gasteiger partial charge on any atom is 0.271 e. The highest BCUT2D eigenvalue weighted by Gasteiger charge is 2.30. The molecule has 1 aliphatic carbocycles. The second-order valence-electron chi connectivity index (χ2n) is 6.66. The van der Waals surface area contributed by atoms with Crippen LogP contribution < -0.4 is 16.2 Å². The minimum Gasteiger partial charge on any atom is -0.325 e. The van der Waals surface area contributed by atoms with Gasteiger partial charge in [-0.25, -0.2) is 0 Å². The second-order valence-corrected chi connectivity index (χ2v) is 6.66. The third kappa shape index (κ3) is 3.83. The number of hydrazine groups is 1. The van der Waals surface area contributed by atoms with Gasteiger partial charge in [0.1, 0.15) is 0 Å². The Labute approximate surface area is 161 Å². The normalized spacial score (nSPS) is 13.0. The van der Waals surface area contributed by atoms with E-state index in [-0.39, 0.29) is 17.4 Å². The van der Waals surface area contributed by atoms with Crippen LogP contribution in [0, 0.1) is 5.92 Å². The van der Waals surface area contributed by atoms with Crippen molar-refractivity contribution in [1.29, 1.82) is 0 Å². The van der Waals surface area contributed by atoms with Crippen LogP contribution in [-0.2, 0) is 4.79 Å². The van der Waals surface area contributed by atoms with Crippen LogP contribution in [0.2, 0.25) is 0 Å². The van der Waals surface area contributed by atoms with Gasteiger partial charge < -0.3 is 5.32 Å². The third-order valence-electron chi connectivity index (χ3n) is 4.55. The summed E-state index contributed by atoms with van der Waals surface area (Å²) in [5, 5.41) is 4.61. The first-order chi connectivity index (χ1) is 13.6. The summed E-state index contributed by atoms with van der Waals surface area (Å²) >= 11 is 0. The van der Waals surface area contributed by atoms with Gasteiger partial charge >= 0.3 is 0 Å². The van der Waals surface area contributed by atoms with Crippen molar-refractivity contribution in [2.24, 2.45) is 5.92 Å². The van der Waals surface area contributed by atoms with Crippen LogP contribution in [0.25, 0.3) is 10.8 Å². The monoisotopic (exact) mass is 374 g/mol. The number of carbonyl (C=O) groups is 3. The van der Waals surface area contributed by atoms with E-state index >= 15 is 0 Å². The summed E-state index contributed by atoms with van der Waals surface area (Å²) < 4.78 is 0. The minimum absolute atomic E-state index is 0.00710. The molecule has 0 radical (unpaired) electrons. The fourth-order valence-electron chi connectivity index (χ4n) is 2.86. The maximum atomic E-state index is 12.7. The fraction of sp³-hybridized carbons (Fsp3) is 0.143. The molecule has 1 heterocycles. The quantitative estimate of drug-likeness (QED) is 0.611. The molecule has 0 spiro atoms. The first-order valence-electron chi connectivity index (χ1n) is 8.96.